The van der Waals surface area contributed by atoms with Crippen molar-refractivity contribution in [2.45, 2.75) is 6.92 Å². The number of imide groups is 2. The summed E-state index contributed by atoms with van der Waals surface area (Å²) >= 11 is 0. The molecule has 8 nitrogen and oxygen atoms in total. The molecule has 8 heteroatoms. The summed E-state index contributed by atoms with van der Waals surface area (Å²) in [5, 5.41) is 11.4. The molecule has 0 atom stereocenters. The molecule has 0 saturated carbocycles. The average molecular weight is 380 g/mol. The van der Waals surface area contributed by atoms with E-state index >= 15 is 0 Å². The van der Waals surface area contributed by atoms with E-state index in [0.717, 1.165) is 10.5 Å². The van der Waals surface area contributed by atoms with Gasteiger partial charge in [-0.3, -0.25) is 14.9 Å². The number of hydrogen-bond donors (Lipinski definition) is 2. The molecule has 0 bridgehead atoms. The number of anilines is 1. The lowest BCUT2D eigenvalue weighted by molar-refractivity contribution is -0.122. The maximum atomic E-state index is 12.8. The van der Waals surface area contributed by atoms with Crippen LogP contribution in [0.25, 0.3) is 6.08 Å². The molecule has 4 amide bonds. The van der Waals surface area contributed by atoms with Crippen LogP contribution < -0.4 is 15.0 Å². The topological polar surface area (TPSA) is 113 Å². The van der Waals surface area contributed by atoms with Gasteiger partial charge in [0.2, 0.25) is 0 Å². The fraction of sp³-hybridized carbons (Fsp3) is 0.100. The van der Waals surface area contributed by atoms with Gasteiger partial charge in [-0.25, -0.2) is 14.5 Å². The van der Waals surface area contributed by atoms with Gasteiger partial charge in [-0.1, -0.05) is 23.8 Å². The highest BCUT2D eigenvalue weighted by molar-refractivity contribution is 6.39. The molecule has 1 aliphatic rings. The summed E-state index contributed by atoms with van der Waals surface area (Å²) in [7, 11) is 1.34. The number of nitrogens with zero attached hydrogens (tertiary/aromatic N) is 1. The van der Waals surface area contributed by atoms with Crippen molar-refractivity contribution in [1.82, 2.24) is 5.32 Å². The van der Waals surface area contributed by atoms with E-state index in [1.54, 1.807) is 24.3 Å². The van der Waals surface area contributed by atoms with Gasteiger partial charge in [0, 0.05) is 0 Å². The molecular formula is C20H16N2O6. The number of carbonyl (C=O) groups is 4. The van der Waals surface area contributed by atoms with Crippen molar-refractivity contribution < 1.29 is 29.0 Å². The number of rotatable bonds is 4. The molecule has 0 unspecified atom stereocenters. The lowest BCUT2D eigenvalue weighted by atomic mass is 10.0. The Morgan fingerprint density at radius 3 is 2.39 bits per heavy atom. The Balaban J connectivity index is 2.03. The zero-order valence-corrected chi connectivity index (χ0v) is 15.1. The van der Waals surface area contributed by atoms with E-state index in [0.29, 0.717) is 11.3 Å². The molecule has 0 aliphatic carbocycles. The predicted molar refractivity (Wildman–Crippen MR) is 100 cm³/mol. The van der Waals surface area contributed by atoms with Gasteiger partial charge in [0.15, 0.2) is 0 Å². The lowest BCUT2D eigenvalue weighted by Crippen LogP contribution is -2.54. The standard InChI is InChI=1S/C20H16N2O6/c1-11-3-6-13(7-4-11)22-18(24)15(17(23)21-20(22)27)10-12-5-8-16(28-2)14(9-12)19(25)26/h3-10H,1-2H3,(H,25,26)(H,21,23,27)/b15-10+. The van der Waals surface area contributed by atoms with Gasteiger partial charge in [0.25, 0.3) is 11.8 Å². The van der Waals surface area contributed by atoms with Crippen LogP contribution in [0.5, 0.6) is 5.75 Å². The molecule has 2 aromatic rings. The van der Waals surface area contributed by atoms with Crippen molar-refractivity contribution in [2.75, 3.05) is 12.0 Å². The first-order valence-corrected chi connectivity index (χ1v) is 8.21. The molecule has 0 aromatic heterocycles. The minimum atomic E-state index is -1.21. The molecule has 2 N–H and O–H groups in total. The molecule has 1 heterocycles. The number of urea groups is 1. The van der Waals surface area contributed by atoms with E-state index in [4.69, 9.17) is 4.74 Å². The third-order valence-electron chi connectivity index (χ3n) is 4.16. The number of aromatic carboxylic acids is 1. The Morgan fingerprint density at radius 2 is 1.79 bits per heavy atom. The Kier molecular flexibility index (Phi) is 4.95. The number of barbiturate groups is 1. The van der Waals surface area contributed by atoms with Crippen LogP contribution in [-0.2, 0) is 9.59 Å². The number of aryl methyl sites for hydroxylation is 1. The summed E-state index contributed by atoms with van der Waals surface area (Å²) in [6, 6.07) is 10.0. The monoisotopic (exact) mass is 380 g/mol. The number of nitrogens with one attached hydrogen (secondary N) is 1. The minimum Gasteiger partial charge on any atom is -0.496 e. The Bertz CT molecular complexity index is 1020. The second kappa shape index (κ2) is 7.36. The first kappa shape index (κ1) is 18.8. The molecule has 2 aromatic carbocycles. The van der Waals surface area contributed by atoms with E-state index in [-0.39, 0.29) is 16.9 Å². The van der Waals surface area contributed by atoms with Crippen molar-refractivity contribution in [3.05, 3.63) is 64.7 Å². The van der Waals surface area contributed by atoms with Crippen molar-refractivity contribution >= 4 is 35.6 Å². The molecule has 28 heavy (non-hydrogen) atoms. The Hall–Kier alpha value is -3.94. The van der Waals surface area contributed by atoms with Gasteiger partial charge >= 0.3 is 12.0 Å². The lowest BCUT2D eigenvalue weighted by Gasteiger charge is -2.26. The maximum Gasteiger partial charge on any atom is 0.339 e. The van der Waals surface area contributed by atoms with Crippen LogP contribution in [0.3, 0.4) is 0 Å². The second-order valence-corrected chi connectivity index (χ2v) is 6.06. The normalized spacial score (nSPS) is 15.6. The summed E-state index contributed by atoms with van der Waals surface area (Å²) in [6.07, 6.45) is 1.23. The number of ether oxygens (including phenoxy) is 1. The molecule has 1 aliphatic heterocycles. The van der Waals surface area contributed by atoms with Crippen molar-refractivity contribution in [1.29, 1.82) is 0 Å². The summed E-state index contributed by atoms with van der Waals surface area (Å²) in [5.41, 5.74) is 1.15. The average Bonchev–Trinajstić information content (AvgIpc) is 2.66. The second-order valence-electron chi connectivity index (χ2n) is 6.06. The highest BCUT2D eigenvalue weighted by Crippen LogP contribution is 2.24. The number of methoxy groups -OCH3 is 1. The minimum absolute atomic E-state index is 0.119. The van der Waals surface area contributed by atoms with Gasteiger partial charge in [-0.15, -0.1) is 0 Å². The predicted octanol–water partition coefficient (Wildman–Crippen LogP) is 2.37. The van der Waals surface area contributed by atoms with Crippen LogP contribution in [0.2, 0.25) is 0 Å². The molecule has 1 saturated heterocycles. The van der Waals surface area contributed by atoms with Gasteiger partial charge in [0.05, 0.1) is 12.8 Å². The van der Waals surface area contributed by atoms with Gasteiger partial charge in [-0.2, -0.15) is 0 Å². The fourth-order valence-electron chi connectivity index (χ4n) is 2.73. The number of carboxylic acid groups (broad SMARTS) is 1. The molecule has 142 valence electrons. The highest BCUT2D eigenvalue weighted by atomic mass is 16.5. The number of hydrogen-bond acceptors (Lipinski definition) is 5. The molecular weight excluding hydrogens is 364 g/mol. The Labute approximate surface area is 160 Å². The third-order valence-corrected chi connectivity index (χ3v) is 4.16. The van der Waals surface area contributed by atoms with E-state index < -0.39 is 23.8 Å². The summed E-state index contributed by atoms with van der Waals surface area (Å²) in [6.45, 7) is 1.86. The highest BCUT2D eigenvalue weighted by Gasteiger charge is 2.36. The van der Waals surface area contributed by atoms with Crippen molar-refractivity contribution in [3.63, 3.8) is 0 Å². The first-order valence-electron chi connectivity index (χ1n) is 8.21. The summed E-state index contributed by atoms with van der Waals surface area (Å²) in [4.78, 5) is 49.4. The Morgan fingerprint density at radius 1 is 1.11 bits per heavy atom. The smallest absolute Gasteiger partial charge is 0.339 e. The number of carbonyl (C=O) groups excluding carboxylic acids is 3. The van der Waals surface area contributed by atoms with Crippen LogP contribution >= 0.6 is 0 Å². The largest absolute Gasteiger partial charge is 0.496 e. The molecule has 0 spiro atoms. The van der Waals surface area contributed by atoms with Gasteiger partial charge in [-0.05, 0) is 42.8 Å². The first-order chi connectivity index (χ1) is 13.3. The van der Waals surface area contributed by atoms with Crippen molar-refractivity contribution in [2.24, 2.45) is 0 Å². The van der Waals surface area contributed by atoms with Crippen LogP contribution in [-0.4, -0.2) is 36.0 Å². The fourth-order valence-corrected chi connectivity index (χ4v) is 2.73. The van der Waals surface area contributed by atoms with Gasteiger partial charge in [0.1, 0.15) is 16.9 Å². The van der Waals surface area contributed by atoms with E-state index in [1.165, 1.54) is 31.4 Å². The molecule has 1 fully saturated rings. The number of benzene rings is 2. The van der Waals surface area contributed by atoms with Crippen LogP contribution in [0.1, 0.15) is 21.5 Å². The maximum absolute atomic E-state index is 12.8. The van der Waals surface area contributed by atoms with Crippen molar-refractivity contribution in [3.8, 4) is 5.75 Å². The van der Waals surface area contributed by atoms with Crippen LogP contribution in [0, 0.1) is 6.92 Å². The molecule has 0 radical (unpaired) electrons. The van der Waals surface area contributed by atoms with Gasteiger partial charge < -0.3 is 9.84 Å². The van der Waals surface area contributed by atoms with E-state index in [1.807, 2.05) is 6.92 Å². The molecule has 3 rings (SSSR count). The number of carboxylic acids is 1. The quantitative estimate of drug-likeness (QED) is 0.622. The number of amides is 4. The van der Waals surface area contributed by atoms with Crippen LogP contribution in [0.4, 0.5) is 10.5 Å². The van der Waals surface area contributed by atoms with E-state index in [2.05, 4.69) is 5.32 Å². The van der Waals surface area contributed by atoms with Crippen LogP contribution in [0.15, 0.2) is 48.0 Å². The summed E-state index contributed by atoms with van der Waals surface area (Å²) in [5.74, 6) is -2.73. The SMILES string of the molecule is COc1ccc(/C=C2\C(=O)NC(=O)N(c3ccc(C)cc3)C2=O)cc1C(=O)O. The third kappa shape index (κ3) is 3.48. The van der Waals surface area contributed by atoms with E-state index in [9.17, 15) is 24.3 Å². The summed E-state index contributed by atoms with van der Waals surface area (Å²) < 4.78 is 4.99. The zero-order chi connectivity index (χ0) is 20.4. The zero-order valence-electron chi connectivity index (χ0n) is 15.1.